The van der Waals surface area contributed by atoms with Crippen LogP contribution in [0.1, 0.15) is 12.0 Å². The van der Waals surface area contributed by atoms with Crippen LogP contribution in [0, 0.1) is 5.92 Å². The first-order valence-electron chi connectivity index (χ1n) is 6.31. The minimum Gasteiger partial charge on any atom is -0.445 e. The normalized spacial score (nSPS) is 27.2. The summed E-state index contributed by atoms with van der Waals surface area (Å²) in [6.07, 6.45) is 1.32. The Balaban J connectivity index is 1.94. The number of alkyl carbamates (subject to hydrolysis) is 1. The van der Waals surface area contributed by atoms with Crippen LogP contribution < -0.4 is 5.32 Å². The first kappa shape index (κ1) is 14.8. The van der Waals surface area contributed by atoms with Gasteiger partial charge in [0.15, 0.2) is 0 Å². The van der Waals surface area contributed by atoms with E-state index in [4.69, 9.17) is 4.74 Å². The lowest BCUT2D eigenvalue weighted by atomic mass is 10.2. The Bertz CT molecular complexity index is 554. The largest absolute Gasteiger partial charge is 0.445 e. The van der Waals surface area contributed by atoms with E-state index in [0.717, 1.165) is 5.56 Å². The first-order valence-corrected chi connectivity index (χ1v) is 8.41. The second-order valence-corrected chi connectivity index (χ2v) is 7.59. The zero-order valence-electron chi connectivity index (χ0n) is 11.3. The third-order valence-corrected chi connectivity index (χ3v) is 5.65. The molecule has 1 amide bonds. The summed E-state index contributed by atoms with van der Waals surface area (Å²) in [6.45, 7) is 4.98. The number of carbonyl (C=O) groups is 1. The van der Waals surface area contributed by atoms with Gasteiger partial charge in [-0.1, -0.05) is 36.4 Å². The molecule has 0 aromatic heterocycles. The van der Waals surface area contributed by atoms with E-state index in [1.54, 1.807) is 6.08 Å². The van der Waals surface area contributed by atoms with Gasteiger partial charge in [0.05, 0.1) is 0 Å². The van der Waals surface area contributed by atoms with Crippen molar-refractivity contribution < 1.29 is 19.0 Å². The highest BCUT2D eigenvalue weighted by molar-refractivity contribution is 7.59. The second kappa shape index (κ2) is 5.43. The average molecular weight is 295 g/mol. The summed E-state index contributed by atoms with van der Waals surface area (Å²) >= 11 is 0. The van der Waals surface area contributed by atoms with Gasteiger partial charge in [-0.05, 0) is 12.0 Å². The average Bonchev–Trinajstić information content (AvgIpc) is 3.12. The lowest BCUT2D eigenvalue weighted by Crippen LogP contribution is -2.38. The highest BCUT2D eigenvalue weighted by Crippen LogP contribution is 2.67. The molecule has 3 atom stereocenters. The summed E-state index contributed by atoms with van der Waals surface area (Å²) in [4.78, 5) is 21.6. The molecule has 2 N–H and O–H groups in total. The standard InChI is InChI=1S/C14H18NO4P/c1-3-12-9-14(12,20(2,17)18)15-13(16)19-10-11-7-5-4-6-8-11/h3-8,12H,1,9-10H2,2H3,(H,15,16)(H,17,18)/t12-,14+/m1/s1. The molecule has 0 bridgehead atoms. The maximum Gasteiger partial charge on any atom is 0.408 e. The molecule has 0 heterocycles. The molecule has 0 spiro atoms. The van der Waals surface area contributed by atoms with Crippen LogP contribution in [-0.2, 0) is 15.9 Å². The van der Waals surface area contributed by atoms with Crippen LogP contribution in [0.15, 0.2) is 43.0 Å². The predicted octanol–water partition coefficient (Wildman–Crippen LogP) is 2.72. The van der Waals surface area contributed by atoms with Crippen LogP contribution in [0.3, 0.4) is 0 Å². The molecule has 1 unspecified atom stereocenters. The maximum atomic E-state index is 11.9. The highest BCUT2D eigenvalue weighted by Gasteiger charge is 2.63. The van der Waals surface area contributed by atoms with E-state index in [-0.39, 0.29) is 12.5 Å². The minimum atomic E-state index is -3.46. The van der Waals surface area contributed by atoms with E-state index in [0.29, 0.717) is 6.42 Å². The Morgan fingerprint density at radius 3 is 2.75 bits per heavy atom. The fourth-order valence-corrected chi connectivity index (χ4v) is 3.77. The zero-order chi connectivity index (χ0) is 14.8. The first-order chi connectivity index (χ1) is 9.39. The van der Waals surface area contributed by atoms with Crippen molar-refractivity contribution in [3.63, 3.8) is 0 Å². The van der Waals surface area contributed by atoms with Crippen molar-refractivity contribution >= 4 is 13.5 Å². The molecule has 1 aliphatic rings. The van der Waals surface area contributed by atoms with E-state index in [1.165, 1.54) is 6.66 Å². The monoisotopic (exact) mass is 295 g/mol. The van der Waals surface area contributed by atoms with Crippen molar-refractivity contribution in [2.75, 3.05) is 6.66 Å². The van der Waals surface area contributed by atoms with E-state index in [1.807, 2.05) is 30.3 Å². The predicted molar refractivity (Wildman–Crippen MR) is 76.5 cm³/mol. The van der Waals surface area contributed by atoms with Crippen LogP contribution in [0.4, 0.5) is 4.79 Å². The quantitative estimate of drug-likeness (QED) is 0.647. The van der Waals surface area contributed by atoms with Gasteiger partial charge < -0.3 is 14.9 Å². The third-order valence-electron chi connectivity index (χ3n) is 3.54. The molecule has 1 aromatic rings. The smallest absolute Gasteiger partial charge is 0.408 e. The molecule has 6 heteroatoms. The van der Waals surface area contributed by atoms with Crippen LogP contribution in [0.25, 0.3) is 0 Å². The van der Waals surface area contributed by atoms with Crippen molar-refractivity contribution in [2.24, 2.45) is 5.92 Å². The molecule has 108 valence electrons. The molecule has 20 heavy (non-hydrogen) atoms. The van der Waals surface area contributed by atoms with Crippen LogP contribution in [0.2, 0.25) is 0 Å². The molecule has 1 aliphatic carbocycles. The molecule has 5 nitrogen and oxygen atoms in total. The lowest BCUT2D eigenvalue weighted by molar-refractivity contribution is 0.136. The van der Waals surface area contributed by atoms with Crippen molar-refractivity contribution in [3.8, 4) is 0 Å². The number of hydrogen-bond donors (Lipinski definition) is 2. The van der Waals surface area contributed by atoms with Crippen LogP contribution >= 0.6 is 7.37 Å². The van der Waals surface area contributed by atoms with Gasteiger partial charge in [0.2, 0.25) is 7.37 Å². The molecular weight excluding hydrogens is 277 g/mol. The lowest BCUT2D eigenvalue weighted by Gasteiger charge is -2.21. The fourth-order valence-electron chi connectivity index (χ4n) is 2.22. The van der Waals surface area contributed by atoms with Gasteiger partial charge in [0.1, 0.15) is 11.9 Å². The molecule has 2 rings (SSSR count). The Hall–Kier alpha value is -1.58. The summed E-state index contributed by atoms with van der Waals surface area (Å²) < 4.78 is 17.0. The minimum absolute atomic E-state index is 0.126. The van der Waals surface area contributed by atoms with E-state index in [9.17, 15) is 14.3 Å². The van der Waals surface area contributed by atoms with Gasteiger partial charge >= 0.3 is 6.09 Å². The number of carbonyl (C=O) groups excluding carboxylic acids is 1. The third kappa shape index (κ3) is 2.94. The van der Waals surface area contributed by atoms with Gasteiger partial charge in [0, 0.05) is 12.6 Å². The molecule has 0 saturated heterocycles. The summed E-state index contributed by atoms with van der Waals surface area (Å²) in [6, 6.07) is 9.24. The van der Waals surface area contributed by atoms with Gasteiger partial charge in [-0.15, -0.1) is 6.58 Å². The summed E-state index contributed by atoms with van der Waals surface area (Å²) in [5, 5.41) is 1.42. The fraction of sp³-hybridized carbons (Fsp3) is 0.357. The van der Waals surface area contributed by atoms with E-state index in [2.05, 4.69) is 11.9 Å². The van der Waals surface area contributed by atoms with Crippen molar-refractivity contribution in [1.82, 2.24) is 5.32 Å². The van der Waals surface area contributed by atoms with Gasteiger partial charge in [-0.3, -0.25) is 4.57 Å². The summed E-state index contributed by atoms with van der Waals surface area (Å²) in [7, 11) is -3.46. The molecule has 1 saturated carbocycles. The number of ether oxygens (including phenoxy) is 1. The molecule has 0 aliphatic heterocycles. The Morgan fingerprint density at radius 2 is 2.25 bits per heavy atom. The molecule has 1 aromatic carbocycles. The number of nitrogens with one attached hydrogen (secondary N) is 1. The number of amides is 1. The zero-order valence-corrected chi connectivity index (χ0v) is 12.2. The number of hydrogen-bond acceptors (Lipinski definition) is 3. The number of rotatable bonds is 5. The Labute approximate surface area is 118 Å². The van der Waals surface area contributed by atoms with Crippen LogP contribution in [-0.4, -0.2) is 22.9 Å². The highest BCUT2D eigenvalue weighted by atomic mass is 31.2. The number of benzene rings is 1. The molecular formula is C14H18NO4P. The van der Waals surface area contributed by atoms with E-state index < -0.39 is 18.7 Å². The van der Waals surface area contributed by atoms with Crippen molar-refractivity contribution in [1.29, 1.82) is 0 Å². The maximum absolute atomic E-state index is 11.9. The molecule has 0 radical (unpaired) electrons. The Kier molecular flexibility index (Phi) is 4.02. The SMILES string of the molecule is C=C[C@@H]1C[C@]1(NC(=O)OCc1ccccc1)P(C)(=O)O. The van der Waals surface area contributed by atoms with Crippen LogP contribution in [0.5, 0.6) is 0 Å². The summed E-state index contributed by atoms with van der Waals surface area (Å²) in [5.41, 5.74) is 0.858. The van der Waals surface area contributed by atoms with Gasteiger partial charge in [0.25, 0.3) is 0 Å². The topological polar surface area (TPSA) is 75.6 Å². The Morgan fingerprint density at radius 1 is 1.60 bits per heavy atom. The van der Waals surface area contributed by atoms with E-state index >= 15 is 0 Å². The second-order valence-electron chi connectivity index (χ2n) is 5.04. The van der Waals surface area contributed by atoms with Crippen molar-refractivity contribution in [3.05, 3.63) is 48.6 Å². The van der Waals surface area contributed by atoms with Gasteiger partial charge in [-0.25, -0.2) is 4.79 Å². The summed E-state index contributed by atoms with van der Waals surface area (Å²) in [5.74, 6) is -0.187. The van der Waals surface area contributed by atoms with Crippen molar-refractivity contribution in [2.45, 2.75) is 18.3 Å². The van der Waals surface area contributed by atoms with Gasteiger partial charge in [-0.2, -0.15) is 0 Å². The molecule has 1 fully saturated rings.